The van der Waals surface area contributed by atoms with Crippen LogP contribution in [0.1, 0.15) is 26.4 Å². The lowest BCUT2D eigenvalue weighted by atomic mass is 10.1. The molecule has 2 amide bonds. The number of carbonyl (C=O) groups is 2. The van der Waals surface area contributed by atoms with E-state index in [-0.39, 0.29) is 23.7 Å². The van der Waals surface area contributed by atoms with E-state index in [0.29, 0.717) is 21.9 Å². The van der Waals surface area contributed by atoms with E-state index >= 15 is 0 Å². The van der Waals surface area contributed by atoms with E-state index in [2.05, 4.69) is 5.16 Å². The number of halogens is 4. The highest BCUT2D eigenvalue weighted by molar-refractivity contribution is 6.30. The van der Waals surface area contributed by atoms with Gasteiger partial charge in [0.05, 0.1) is 0 Å². The van der Waals surface area contributed by atoms with Gasteiger partial charge in [0.15, 0.2) is 11.5 Å². The normalized spacial score (nSPS) is 11.3. The molecule has 2 aromatic carbocycles. The van der Waals surface area contributed by atoms with Crippen molar-refractivity contribution in [3.05, 3.63) is 76.4 Å². The van der Waals surface area contributed by atoms with Crippen LogP contribution < -0.4 is 5.32 Å². The Hall–Kier alpha value is -3.33. The van der Waals surface area contributed by atoms with E-state index in [1.807, 2.05) is 0 Å². The first kappa shape index (κ1) is 22.4. The summed E-state index contributed by atoms with van der Waals surface area (Å²) < 4.78 is 41.8. The van der Waals surface area contributed by atoms with Crippen molar-refractivity contribution in [2.45, 2.75) is 12.7 Å². The van der Waals surface area contributed by atoms with Crippen molar-refractivity contribution in [2.24, 2.45) is 0 Å². The first-order valence-electron chi connectivity index (χ1n) is 9.04. The molecular formula is C21H17ClF3N3O3. The minimum atomic E-state index is -4.48. The molecule has 1 heterocycles. The lowest BCUT2D eigenvalue weighted by Gasteiger charge is -2.16. The topological polar surface area (TPSA) is 75.4 Å². The summed E-state index contributed by atoms with van der Waals surface area (Å²) in [4.78, 5) is 25.8. The summed E-state index contributed by atoms with van der Waals surface area (Å²) in [6.45, 7) is -1.21. The maximum Gasteiger partial charge on any atom is 0.405 e. The highest BCUT2D eigenvalue weighted by Crippen LogP contribution is 2.24. The molecule has 0 saturated heterocycles. The Labute approximate surface area is 180 Å². The van der Waals surface area contributed by atoms with Gasteiger partial charge in [-0.15, -0.1) is 0 Å². The summed E-state index contributed by atoms with van der Waals surface area (Å²) in [5.74, 6) is -0.818. The van der Waals surface area contributed by atoms with Crippen molar-refractivity contribution in [3.63, 3.8) is 0 Å². The SMILES string of the molecule is CN(Cc1ccc(C(=O)NCC(F)(F)F)cc1)C(=O)c1cc(-c2cccc(Cl)c2)on1. The summed E-state index contributed by atoms with van der Waals surface area (Å²) in [5.41, 5.74) is 1.56. The number of hydrogen-bond donors (Lipinski definition) is 1. The third-order valence-electron chi connectivity index (χ3n) is 4.27. The van der Waals surface area contributed by atoms with Gasteiger partial charge in [0.1, 0.15) is 6.54 Å². The molecule has 162 valence electrons. The van der Waals surface area contributed by atoms with Gasteiger partial charge in [-0.2, -0.15) is 13.2 Å². The monoisotopic (exact) mass is 451 g/mol. The summed E-state index contributed by atoms with van der Waals surface area (Å²) in [6.07, 6.45) is -4.48. The van der Waals surface area contributed by atoms with Gasteiger partial charge in [-0.3, -0.25) is 9.59 Å². The van der Waals surface area contributed by atoms with Crippen LogP contribution in [0.5, 0.6) is 0 Å². The highest BCUT2D eigenvalue weighted by Gasteiger charge is 2.27. The van der Waals surface area contributed by atoms with Crippen LogP contribution in [0.4, 0.5) is 13.2 Å². The summed E-state index contributed by atoms with van der Waals surface area (Å²) >= 11 is 5.96. The maximum absolute atomic E-state index is 12.6. The Balaban J connectivity index is 1.62. The highest BCUT2D eigenvalue weighted by atomic mass is 35.5. The zero-order chi connectivity index (χ0) is 22.6. The van der Waals surface area contributed by atoms with E-state index in [1.54, 1.807) is 48.8 Å². The van der Waals surface area contributed by atoms with Crippen LogP contribution in [0.15, 0.2) is 59.1 Å². The number of amides is 2. The Morgan fingerprint density at radius 3 is 2.48 bits per heavy atom. The fraction of sp³-hybridized carbons (Fsp3) is 0.190. The number of nitrogens with one attached hydrogen (secondary N) is 1. The van der Waals surface area contributed by atoms with Crippen molar-refractivity contribution in [1.29, 1.82) is 0 Å². The summed E-state index contributed by atoms with van der Waals surface area (Å²) in [6, 6.07) is 14.4. The molecule has 0 spiro atoms. The lowest BCUT2D eigenvalue weighted by Crippen LogP contribution is -2.33. The Bertz CT molecular complexity index is 1080. The smallest absolute Gasteiger partial charge is 0.355 e. The summed E-state index contributed by atoms with van der Waals surface area (Å²) in [5, 5.41) is 6.13. The largest absolute Gasteiger partial charge is 0.405 e. The molecule has 3 rings (SSSR count). The molecule has 0 unspecified atom stereocenters. The Morgan fingerprint density at radius 1 is 1.13 bits per heavy atom. The van der Waals surface area contributed by atoms with E-state index in [9.17, 15) is 22.8 Å². The van der Waals surface area contributed by atoms with Gasteiger partial charge in [0, 0.05) is 35.8 Å². The maximum atomic E-state index is 12.6. The van der Waals surface area contributed by atoms with Crippen LogP contribution >= 0.6 is 11.6 Å². The molecular weight excluding hydrogens is 435 g/mol. The van der Waals surface area contributed by atoms with Gasteiger partial charge in [-0.1, -0.05) is 41.0 Å². The van der Waals surface area contributed by atoms with E-state index in [4.69, 9.17) is 16.1 Å². The molecule has 1 aromatic heterocycles. The Morgan fingerprint density at radius 2 is 1.84 bits per heavy atom. The molecule has 0 atom stereocenters. The molecule has 0 aliphatic carbocycles. The molecule has 0 aliphatic rings. The average Bonchev–Trinajstić information content (AvgIpc) is 3.21. The number of aromatic nitrogens is 1. The van der Waals surface area contributed by atoms with Crippen LogP contribution in [-0.2, 0) is 6.54 Å². The van der Waals surface area contributed by atoms with Crippen LogP contribution in [0.2, 0.25) is 5.02 Å². The van der Waals surface area contributed by atoms with Crippen LogP contribution in [0.25, 0.3) is 11.3 Å². The molecule has 6 nitrogen and oxygen atoms in total. The Kier molecular flexibility index (Phi) is 6.65. The van der Waals surface area contributed by atoms with Crippen LogP contribution in [-0.4, -0.2) is 41.6 Å². The third kappa shape index (κ3) is 6.08. The first-order valence-corrected chi connectivity index (χ1v) is 9.42. The van der Waals surface area contributed by atoms with Crippen molar-refractivity contribution in [2.75, 3.05) is 13.6 Å². The molecule has 0 fully saturated rings. The van der Waals surface area contributed by atoms with E-state index in [0.717, 1.165) is 0 Å². The fourth-order valence-electron chi connectivity index (χ4n) is 2.74. The second-order valence-corrected chi connectivity index (χ2v) is 7.18. The number of rotatable bonds is 6. The van der Waals surface area contributed by atoms with E-state index < -0.39 is 18.6 Å². The van der Waals surface area contributed by atoms with Gasteiger partial charge < -0.3 is 14.7 Å². The predicted molar refractivity (Wildman–Crippen MR) is 108 cm³/mol. The summed E-state index contributed by atoms with van der Waals surface area (Å²) in [7, 11) is 1.57. The van der Waals surface area contributed by atoms with Gasteiger partial charge in [-0.25, -0.2) is 0 Å². The number of alkyl halides is 3. The van der Waals surface area contributed by atoms with Crippen molar-refractivity contribution < 1.29 is 27.3 Å². The molecule has 3 aromatic rings. The number of benzene rings is 2. The molecule has 0 aliphatic heterocycles. The zero-order valence-corrected chi connectivity index (χ0v) is 17.0. The second-order valence-electron chi connectivity index (χ2n) is 6.74. The van der Waals surface area contributed by atoms with Crippen molar-refractivity contribution in [3.8, 4) is 11.3 Å². The average molecular weight is 452 g/mol. The first-order chi connectivity index (χ1) is 14.6. The molecule has 31 heavy (non-hydrogen) atoms. The van der Waals surface area contributed by atoms with Crippen LogP contribution in [0.3, 0.4) is 0 Å². The second kappa shape index (κ2) is 9.22. The lowest BCUT2D eigenvalue weighted by molar-refractivity contribution is -0.123. The minimum absolute atomic E-state index is 0.0876. The molecule has 1 N–H and O–H groups in total. The number of hydrogen-bond acceptors (Lipinski definition) is 4. The fourth-order valence-corrected chi connectivity index (χ4v) is 2.93. The predicted octanol–water partition coefficient (Wildman–Crippen LogP) is 4.56. The number of nitrogens with zero attached hydrogens (tertiary/aromatic N) is 2. The molecule has 10 heteroatoms. The van der Waals surface area contributed by atoms with Gasteiger partial charge in [0.2, 0.25) is 0 Å². The number of carbonyl (C=O) groups excluding carboxylic acids is 2. The minimum Gasteiger partial charge on any atom is -0.355 e. The third-order valence-corrected chi connectivity index (χ3v) is 4.51. The standard InChI is InChI=1S/C21H17ClF3N3O3/c1-28(11-13-5-7-14(8-6-13)19(29)26-12-21(23,24)25)20(30)17-10-18(31-27-17)15-3-2-4-16(22)9-15/h2-10H,11-12H2,1H3,(H,26,29). The molecule has 0 bridgehead atoms. The van der Waals surface area contributed by atoms with Gasteiger partial charge in [0.25, 0.3) is 11.8 Å². The van der Waals surface area contributed by atoms with Gasteiger partial charge in [-0.05, 0) is 29.8 Å². The molecule has 0 radical (unpaired) electrons. The van der Waals surface area contributed by atoms with Gasteiger partial charge >= 0.3 is 6.18 Å². The molecule has 0 saturated carbocycles. The van der Waals surface area contributed by atoms with Crippen LogP contribution in [0, 0.1) is 0 Å². The van der Waals surface area contributed by atoms with Crippen molar-refractivity contribution in [1.82, 2.24) is 15.4 Å². The van der Waals surface area contributed by atoms with Crippen molar-refractivity contribution >= 4 is 23.4 Å². The quantitative estimate of drug-likeness (QED) is 0.596. The van der Waals surface area contributed by atoms with E-state index in [1.165, 1.54) is 23.1 Å². The zero-order valence-electron chi connectivity index (χ0n) is 16.2.